The van der Waals surface area contributed by atoms with E-state index in [2.05, 4.69) is 4.98 Å². The minimum Gasteiger partial charge on any atom is -0.482 e. The molecule has 1 amide bonds. The molecule has 1 aromatic heterocycles. The molecule has 3 N–H and O–H groups in total. The third-order valence-corrected chi connectivity index (χ3v) is 1.86. The smallest absolute Gasteiger partial charge is 0.405 e. The molecule has 0 aliphatic heterocycles. The van der Waals surface area contributed by atoms with E-state index in [0.29, 0.717) is 5.69 Å². The Morgan fingerprint density at radius 2 is 2.17 bits per heavy atom. The third-order valence-electron chi connectivity index (χ3n) is 1.86. The SMILES string of the molecule is NCc1ccc(OCC(=O)NCC(F)(F)F)cn1. The quantitative estimate of drug-likeness (QED) is 0.815. The first-order valence-electron chi connectivity index (χ1n) is 5.02. The van der Waals surface area contributed by atoms with Crippen molar-refractivity contribution in [3.8, 4) is 5.75 Å². The monoisotopic (exact) mass is 263 g/mol. The summed E-state index contributed by atoms with van der Waals surface area (Å²) >= 11 is 0. The van der Waals surface area contributed by atoms with Gasteiger partial charge >= 0.3 is 6.18 Å². The van der Waals surface area contributed by atoms with Crippen LogP contribution in [0.1, 0.15) is 5.69 Å². The van der Waals surface area contributed by atoms with Crippen LogP contribution in [0.2, 0.25) is 0 Å². The van der Waals surface area contributed by atoms with Crippen molar-refractivity contribution in [1.29, 1.82) is 0 Å². The second-order valence-electron chi connectivity index (χ2n) is 3.37. The summed E-state index contributed by atoms with van der Waals surface area (Å²) in [7, 11) is 0. The van der Waals surface area contributed by atoms with Crippen LogP contribution in [0.15, 0.2) is 18.3 Å². The standard InChI is InChI=1S/C10H12F3N3O2/c11-10(12,13)6-16-9(17)5-18-8-2-1-7(3-14)15-4-8/h1-2,4H,3,5-6,14H2,(H,16,17). The number of carbonyl (C=O) groups is 1. The van der Waals surface area contributed by atoms with Crippen LogP contribution in [0, 0.1) is 0 Å². The summed E-state index contributed by atoms with van der Waals surface area (Å²) in [5.74, 6) is -0.565. The van der Waals surface area contributed by atoms with Crippen LogP contribution in [0.25, 0.3) is 0 Å². The zero-order valence-corrected chi connectivity index (χ0v) is 9.33. The van der Waals surface area contributed by atoms with Gasteiger partial charge in [-0.3, -0.25) is 9.78 Å². The Balaban J connectivity index is 2.33. The average molecular weight is 263 g/mol. The largest absolute Gasteiger partial charge is 0.482 e. The molecular formula is C10H12F3N3O2. The van der Waals surface area contributed by atoms with Crippen LogP contribution in [-0.2, 0) is 11.3 Å². The number of hydrogen-bond donors (Lipinski definition) is 2. The molecule has 8 heteroatoms. The van der Waals surface area contributed by atoms with E-state index in [1.54, 1.807) is 11.4 Å². The summed E-state index contributed by atoms with van der Waals surface area (Å²) in [6.45, 7) is -1.61. The fourth-order valence-electron chi connectivity index (χ4n) is 1.02. The van der Waals surface area contributed by atoms with E-state index in [0.717, 1.165) is 0 Å². The van der Waals surface area contributed by atoms with Gasteiger partial charge in [0, 0.05) is 6.54 Å². The van der Waals surface area contributed by atoms with Crippen LogP contribution in [0.3, 0.4) is 0 Å². The van der Waals surface area contributed by atoms with E-state index in [-0.39, 0.29) is 12.3 Å². The predicted molar refractivity (Wildman–Crippen MR) is 56.7 cm³/mol. The Kier molecular flexibility index (Phi) is 4.90. The minimum absolute atomic E-state index is 0.270. The van der Waals surface area contributed by atoms with Gasteiger partial charge < -0.3 is 15.8 Å². The Labute approximate surface area is 101 Å². The summed E-state index contributed by atoms with van der Waals surface area (Å²) in [6.07, 6.45) is -3.08. The van der Waals surface area contributed by atoms with Crippen molar-refractivity contribution in [3.05, 3.63) is 24.0 Å². The zero-order chi connectivity index (χ0) is 13.6. The number of ether oxygens (including phenoxy) is 1. The lowest BCUT2D eigenvalue weighted by atomic mass is 10.3. The number of alkyl halides is 3. The first kappa shape index (κ1) is 14.2. The Bertz CT molecular complexity index is 392. The minimum atomic E-state index is -4.43. The van der Waals surface area contributed by atoms with Crippen molar-refractivity contribution in [3.63, 3.8) is 0 Å². The van der Waals surface area contributed by atoms with E-state index in [4.69, 9.17) is 10.5 Å². The van der Waals surface area contributed by atoms with Crippen LogP contribution >= 0.6 is 0 Å². The fourth-order valence-corrected chi connectivity index (χ4v) is 1.02. The van der Waals surface area contributed by atoms with Gasteiger partial charge in [0.1, 0.15) is 12.3 Å². The predicted octanol–water partition coefficient (Wildman–Crippen LogP) is 0.598. The lowest BCUT2D eigenvalue weighted by Crippen LogP contribution is -2.36. The van der Waals surface area contributed by atoms with E-state index in [1.165, 1.54) is 12.3 Å². The number of halogens is 3. The topological polar surface area (TPSA) is 77.2 Å². The van der Waals surface area contributed by atoms with Gasteiger partial charge in [0.25, 0.3) is 5.91 Å². The van der Waals surface area contributed by atoms with E-state index < -0.39 is 25.2 Å². The average Bonchev–Trinajstić information content (AvgIpc) is 2.33. The molecule has 1 rings (SSSR count). The first-order valence-corrected chi connectivity index (χ1v) is 5.02. The molecule has 0 spiro atoms. The summed E-state index contributed by atoms with van der Waals surface area (Å²) < 4.78 is 40.3. The maximum atomic E-state index is 11.8. The highest BCUT2D eigenvalue weighted by atomic mass is 19.4. The molecule has 0 aliphatic carbocycles. The molecule has 0 saturated heterocycles. The van der Waals surface area contributed by atoms with Gasteiger partial charge in [-0.2, -0.15) is 13.2 Å². The number of nitrogens with two attached hydrogens (primary N) is 1. The maximum absolute atomic E-state index is 11.8. The molecule has 0 saturated carbocycles. The van der Waals surface area contributed by atoms with Crippen molar-refractivity contribution < 1.29 is 22.7 Å². The normalized spacial score (nSPS) is 11.1. The summed E-state index contributed by atoms with van der Waals surface area (Å²) in [6, 6.07) is 3.13. The Morgan fingerprint density at radius 1 is 1.44 bits per heavy atom. The Morgan fingerprint density at radius 3 is 2.67 bits per heavy atom. The molecular weight excluding hydrogens is 251 g/mol. The molecule has 100 valence electrons. The molecule has 0 aliphatic rings. The van der Waals surface area contributed by atoms with Gasteiger partial charge in [-0.1, -0.05) is 0 Å². The van der Waals surface area contributed by atoms with Crippen LogP contribution < -0.4 is 15.8 Å². The number of pyridine rings is 1. The van der Waals surface area contributed by atoms with Gasteiger partial charge in [0.15, 0.2) is 6.61 Å². The number of nitrogens with one attached hydrogen (secondary N) is 1. The zero-order valence-electron chi connectivity index (χ0n) is 9.33. The molecule has 0 atom stereocenters. The number of nitrogens with zero attached hydrogens (tertiary/aromatic N) is 1. The van der Waals surface area contributed by atoms with E-state index in [9.17, 15) is 18.0 Å². The van der Waals surface area contributed by atoms with Gasteiger partial charge in [-0.15, -0.1) is 0 Å². The van der Waals surface area contributed by atoms with Crippen molar-refractivity contribution >= 4 is 5.91 Å². The Hall–Kier alpha value is -1.83. The van der Waals surface area contributed by atoms with Gasteiger partial charge in [-0.25, -0.2) is 0 Å². The number of aromatic nitrogens is 1. The third kappa shape index (κ3) is 5.48. The molecule has 0 unspecified atom stereocenters. The number of amides is 1. The molecule has 5 nitrogen and oxygen atoms in total. The van der Waals surface area contributed by atoms with Crippen LogP contribution in [-0.4, -0.2) is 30.2 Å². The lowest BCUT2D eigenvalue weighted by Gasteiger charge is -2.09. The summed E-state index contributed by atoms with van der Waals surface area (Å²) in [5.41, 5.74) is 5.97. The maximum Gasteiger partial charge on any atom is 0.405 e. The van der Waals surface area contributed by atoms with Gasteiger partial charge in [-0.05, 0) is 12.1 Å². The van der Waals surface area contributed by atoms with Crippen molar-refractivity contribution in [2.75, 3.05) is 13.2 Å². The second-order valence-corrected chi connectivity index (χ2v) is 3.37. The van der Waals surface area contributed by atoms with E-state index in [1.807, 2.05) is 0 Å². The molecule has 0 fully saturated rings. The molecule has 0 radical (unpaired) electrons. The van der Waals surface area contributed by atoms with Crippen molar-refractivity contribution in [1.82, 2.24) is 10.3 Å². The van der Waals surface area contributed by atoms with Crippen molar-refractivity contribution in [2.24, 2.45) is 5.73 Å². The first-order chi connectivity index (χ1) is 8.40. The molecule has 1 heterocycles. The highest BCUT2D eigenvalue weighted by molar-refractivity contribution is 5.77. The van der Waals surface area contributed by atoms with Crippen molar-refractivity contribution in [2.45, 2.75) is 12.7 Å². The molecule has 0 aromatic carbocycles. The number of carbonyl (C=O) groups excluding carboxylic acids is 1. The molecule has 18 heavy (non-hydrogen) atoms. The lowest BCUT2D eigenvalue weighted by molar-refractivity contribution is -0.139. The highest BCUT2D eigenvalue weighted by Crippen LogP contribution is 2.12. The molecule has 0 bridgehead atoms. The number of rotatable bonds is 5. The summed E-state index contributed by atoms with van der Waals surface area (Å²) in [5, 5.41) is 1.69. The van der Waals surface area contributed by atoms with E-state index >= 15 is 0 Å². The second kappa shape index (κ2) is 6.20. The summed E-state index contributed by atoms with van der Waals surface area (Å²) in [4.78, 5) is 14.9. The highest BCUT2D eigenvalue weighted by Gasteiger charge is 2.27. The fraction of sp³-hybridized carbons (Fsp3) is 0.400. The number of hydrogen-bond acceptors (Lipinski definition) is 4. The van der Waals surface area contributed by atoms with Crippen LogP contribution in [0.5, 0.6) is 5.75 Å². The van der Waals surface area contributed by atoms with Crippen LogP contribution in [0.4, 0.5) is 13.2 Å². The van der Waals surface area contributed by atoms with Gasteiger partial charge in [0.2, 0.25) is 0 Å². The van der Waals surface area contributed by atoms with Gasteiger partial charge in [0.05, 0.1) is 11.9 Å². The molecule has 1 aromatic rings.